The number of hydrogen-bond donors (Lipinski definition) is 1. The molecule has 2 aromatic carbocycles. The molecule has 0 fully saturated rings. The zero-order chi connectivity index (χ0) is 25.7. The maximum Gasteiger partial charge on any atom is 0.432 e. The number of fused-ring (bicyclic) bond motifs is 1. The first kappa shape index (κ1) is 23.4. The summed E-state index contributed by atoms with van der Waals surface area (Å²) >= 11 is 0. The van der Waals surface area contributed by atoms with E-state index >= 15 is 0 Å². The predicted octanol–water partition coefficient (Wildman–Crippen LogP) is 6.86. The van der Waals surface area contributed by atoms with E-state index in [4.69, 9.17) is 4.74 Å². The van der Waals surface area contributed by atoms with E-state index in [1.807, 2.05) is 0 Å². The first-order valence-corrected chi connectivity index (χ1v) is 10.4. The highest BCUT2D eigenvalue weighted by Crippen LogP contribution is 2.34. The van der Waals surface area contributed by atoms with Gasteiger partial charge in [-0.1, -0.05) is 12.1 Å². The smallest absolute Gasteiger partial charge is 0.432 e. The van der Waals surface area contributed by atoms with E-state index in [1.165, 1.54) is 24.4 Å². The number of halogens is 6. The lowest BCUT2D eigenvalue weighted by molar-refractivity contribution is -0.141. The third-order valence-corrected chi connectivity index (χ3v) is 5.39. The molecule has 0 spiro atoms. The lowest BCUT2D eigenvalue weighted by Crippen LogP contribution is -2.05. The van der Waals surface area contributed by atoms with Gasteiger partial charge in [0.15, 0.2) is 5.82 Å². The van der Waals surface area contributed by atoms with Crippen molar-refractivity contribution in [1.29, 1.82) is 0 Å². The molecule has 0 aliphatic rings. The summed E-state index contributed by atoms with van der Waals surface area (Å²) in [5.74, 6) is 0.929. The Labute approximate surface area is 199 Å². The van der Waals surface area contributed by atoms with Crippen LogP contribution in [0.2, 0.25) is 0 Å². The largest absolute Gasteiger partial charge is 0.457 e. The van der Waals surface area contributed by atoms with Crippen molar-refractivity contribution in [1.82, 2.24) is 24.5 Å². The quantitative estimate of drug-likeness (QED) is 0.272. The van der Waals surface area contributed by atoms with Crippen LogP contribution >= 0.6 is 0 Å². The minimum Gasteiger partial charge on any atom is -0.457 e. The summed E-state index contributed by atoms with van der Waals surface area (Å²) in [5.41, 5.74) is -0.167. The third-order valence-electron chi connectivity index (χ3n) is 5.39. The monoisotopic (exact) mass is 503 g/mol. The molecule has 5 rings (SSSR count). The minimum absolute atomic E-state index is 0.0707. The molecule has 36 heavy (non-hydrogen) atoms. The van der Waals surface area contributed by atoms with Gasteiger partial charge < -0.3 is 14.3 Å². The fraction of sp³-hybridized carbons (Fsp3) is 0.125. The summed E-state index contributed by atoms with van der Waals surface area (Å²) < 4.78 is 85.5. The molecule has 0 radical (unpaired) electrons. The summed E-state index contributed by atoms with van der Waals surface area (Å²) in [4.78, 5) is 14.4. The van der Waals surface area contributed by atoms with Crippen LogP contribution in [0.5, 0.6) is 11.5 Å². The number of hydrogen-bond acceptors (Lipinski definition) is 4. The fourth-order valence-corrected chi connectivity index (χ4v) is 3.67. The van der Waals surface area contributed by atoms with Gasteiger partial charge in [0.05, 0.1) is 22.8 Å². The van der Waals surface area contributed by atoms with E-state index in [0.29, 0.717) is 40.1 Å². The van der Waals surface area contributed by atoms with Gasteiger partial charge in [-0.05, 0) is 30.3 Å². The van der Waals surface area contributed by atoms with Crippen molar-refractivity contribution in [2.24, 2.45) is 7.05 Å². The van der Waals surface area contributed by atoms with Crippen LogP contribution in [0, 0.1) is 0 Å². The van der Waals surface area contributed by atoms with E-state index in [2.05, 4.69) is 19.9 Å². The number of rotatable bonds is 4. The summed E-state index contributed by atoms with van der Waals surface area (Å²) in [7, 11) is 1.69. The number of aromatic nitrogens is 5. The van der Waals surface area contributed by atoms with Crippen molar-refractivity contribution in [3.8, 4) is 34.4 Å². The van der Waals surface area contributed by atoms with Gasteiger partial charge in [0.25, 0.3) is 0 Å². The van der Waals surface area contributed by atoms with Crippen LogP contribution in [0.25, 0.3) is 33.9 Å². The highest BCUT2D eigenvalue weighted by Gasteiger charge is 2.33. The van der Waals surface area contributed by atoms with E-state index in [-0.39, 0.29) is 11.5 Å². The molecule has 0 saturated carbocycles. The van der Waals surface area contributed by atoms with Crippen LogP contribution < -0.4 is 4.74 Å². The second-order valence-corrected chi connectivity index (χ2v) is 7.85. The lowest BCUT2D eigenvalue weighted by atomic mass is 10.1. The Morgan fingerprint density at radius 2 is 1.64 bits per heavy atom. The maximum absolute atomic E-state index is 13.1. The number of pyridine rings is 1. The predicted molar refractivity (Wildman–Crippen MR) is 118 cm³/mol. The molecule has 3 heterocycles. The Morgan fingerprint density at radius 1 is 0.861 bits per heavy atom. The van der Waals surface area contributed by atoms with E-state index in [1.54, 1.807) is 35.9 Å². The van der Waals surface area contributed by atoms with E-state index < -0.39 is 23.6 Å². The van der Waals surface area contributed by atoms with Gasteiger partial charge in [-0.15, -0.1) is 0 Å². The maximum atomic E-state index is 13.1. The molecule has 0 unspecified atom stereocenters. The number of nitrogens with zero attached hydrogens (tertiary/aromatic N) is 4. The average Bonchev–Trinajstić information content (AvgIpc) is 3.44. The topological polar surface area (TPSA) is 68.6 Å². The normalized spacial score (nSPS) is 12.3. The first-order chi connectivity index (χ1) is 17.0. The van der Waals surface area contributed by atoms with E-state index in [9.17, 15) is 26.3 Å². The van der Waals surface area contributed by atoms with Crippen molar-refractivity contribution < 1.29 is 31.1 Å². The highest BCUT2D eigenvalue weighted by atomic mass is 19.4. The van der Waals surface area contributed by atoms with Gasteiger partial charge in [0, 0.05) is 30.9 Å². The van der Waals surface area contributed by atoms with Crippen LogP contribution in [-0.2, 0) is 19.4 Å². The van der Waals surface area contributed by atoms with Crippen molar-refractivity contribution in [2.75, 3.05) is 0 Å². The molecule has 5 aromatic rings. The number of nitrogens with one attached hydrogen (secondary N) is 1. The molecular formula is C24H15F6N5O. The molecule has 0 saturated heterocycles. The molecule has 12 heteroatoms. The average molecular weight is 503 g/mol. The van der Waals surface area contributed by atoms with Gasteiger partial charge in [0.1, 0.15) is 28.7 Å². The van der Waals surface area contributed by atoms with Crippen LogP contribution in [0.1, 0.15) is 11.3 Å². The molecule has 6 nitrogen and oxygen atoms in total. The Morgan fingerprint density at radius 3 is 2.36 bits per heavy atom. The molecule has 0 atom stereocenters. The number of imidazole rings is 2. The van der Waals surface area contributed by atoms with Gasteiger partial charge in [-0.25, -0.2) is 9.97 Å². The van der Waals surface area contributed by atoms with Gasteiger partial charge in [-0.3, -0.25) is 4.98 Å². The molecule has 0 aliphatic carbocycles. The second-order valence-electron chi connectivity index (χ2n) is 7.85. The van der Waals surface area contributed by atoms with Crippen molar-refractivity contribution in [3.63, 3.8) is 0 Å². The molecule has 0 amide bonds. The standard InChI is InChI=1S/C24H15F6N5O/c1-35-19-6-5-15(10-17(19)33-22(35)13-3-2-4-14(9-13)23(25,26)27)36-16-7-8-31-18(11-16)21-32-12-20(34-21)24(28,29)30/h2-12H,1H3,(H,32,34). The summed E-state index contributed by atoms with van der Waals surface area (Å²) in [6.45, 7) is 0. The Balaban J connectivity index is 1.44. The summed E-state index contributed by atoms with van der Waals surface area (Å²) in [6, 6.07) is 12.8. The lowest BCUT2D eigenvalue weighted by Gasteiger charge is -2.08. The van der Waals surface area contributed by atoms with Gasteiger partial charge in [0.2, 0.25) is 0 Å². The molecule has 0 aliphatic heterocycles. The second kappa shape index (κ2) is 8.40. The summed E-state index contributed by atoms with van der Waals surface area (Å²) in [5, 5.41) is 0. The zero-order valence-electron chi connectivity index (χ0n) is 18.3. The van der Waals surface area contributed by atoms with E-state index in [0.717, 1.165) is 12.1 Å². The molecule has 184 valence electrons. The number of H-pyrrole nitrogens is 1. The number of ether oxygens (including phenoxy) is 1. The molecular weight excluding hydrogens is 488 g/mol. The molecule has 1 N–H and O–H groups in total. The van der Waals surface area contributed by atoms with Crippen LogP contribution in [0.3, 0.4) is 0 Å². The first-order valence-electron chi connectivity index (χ1n) is 10.4. The zero-order valence-corrected chi connectivity index (χ0v) is 18.3. The Bertz CT molecular complexity index is 1570. The fourth-order valence-electron chi connectivity index (χ4n) is 3.67. The third kappa shape index (κ3) is 4.49. The Kier molecular flexibility index (Phi) is 5.46. The van der Waals surface area contributed by atoms with Crippen molar-refractivity contribution >= 4 is 11.0 Å². The SMILES string of the molecule is Cn1c(-c2cccc(C(F)(F)F)c2)nc2cc(Oc3ccnc(-c4ncc(C(F)(F)F)[nH]4)c3)ccc21. The van der Waals surface area contributed by atoms with Crippen molar-refractivity contribution in [3.05, 3.63) is 78.2 Å². The van der Waals surface area contributed by atoms with Crippen LogP contribution in [0.4, 0.5) is 26.3 Å². The highest BCUT2D eigenvalue weighted by molar-refractivity contribution is 5.82. The molecule has 3 aromatic heterocycles. The number of aryl methyl sites for hydroxylation is 1. The van der Waals surface area contributed by atoms with Gasteiger partial charge >= 0.3 is 12.4 Å². The molecule has 0 bridgehead atoms. The number of alkyl halides is 6. The number of aromatic amines is 1. The summed E-state index contributed by atoms with van der Waals surface area (Å²) in [6.07, 6.45) is -6.99. The Hall–Kier alpha value is -4.35. The number of benzene rings is 2. The van der Waals surface area contributed by atoms with Crippen LogP contribution in [0.15, 0.2) is 67.0 Å². The minimum atomic E-state index is -4.57. The van der Waals surface area contributed by atoms with Crippen LogP contribution in [-0.4, -0.2) is 24.5 Å². The van der Waals surface area contributed by atoms with Gasteiger partial charge in [-0.2, -0.15) is 26.3 Å². The van der Waals surface area contributed by atoms with Crippen molar-refractivity contribution in [2.45, 2.75) is 12.4 Å².